The first-order valence-corrected chi connectivity index (χ1v) is 12.9. The second-order valence-electron chi connectivity index (χ2n) is 9.22. The average Bonchev–Trinajstić information content (AvgIpc) is 3.53. The van der Waals surface area contributed by atoms with Crippen LogP contribution in [0.25, 0.3) is 44.3 Å². The minimum absolute atomic E-state index is 0.303. The normalized spacial score (nSPS) is 12.9. The molecule has 0 aliphatic heterocycles. The molecule has 5 aromatic rings. The van der Waals surface area contributed by atoms with E-state index < -0.39 is 0 Å². The van der Waals surface area contributed by atoms with Crippen LogP contribution in [0.4, 0.5) is 0 Å². The minimum atomic E-state index is 0.303. The third-order valence-corrected chi connectivity index (χ3v) is 8.22. The van der Waals surface area contributed by atoms with Crippen LogP contribution in [0.1, 0.15) is 50.5 Å². The highest BCUT2D eigenvalue weighted by molar-refractivity contribution is 7.15. The zero-order chi connectivity index (χ0) is 24.8. The molecular formula is C30H23N3O2S. The number of aromatic nitrogens is 2. The summed E-state index contributed by atoms with van der Waals surface area (Å²) in [7, 11) is 0. The number of thiazole rings is 1. The molecule has 1 aliphatic rings. The number of benzene rings is 3. The number of nitrogens with zero attached hydrogens (tertiary/aromatic N) is 3. The number of nitriles is 1. The quantitative estimate of drug-likeness (QED) is 0.245. The molecule has 0 saturated heterocycles. The Balaban J connectivity index is 1.46. The zero-order valence-corrected chi connectivity index (χ0v) is 20.9. The lowest BCUT2D eigenvalue weighted by atomic mass is 9.91. The van der Waals surface area contributed by atoms with Crippen molar-refractivity contribution in [3.05, 3.63) is 81.4 Å². The van der Waals surface area contributed by atoms with Crippen LogP contribution in [0, 0.1) is 25.2 Å². The molecule has 3 aromatic carbocycles. The number of aryl methyl sites for hydroxylation is 2. The van der Waals surface area contributed by atoms with E-state index in [-0.39, 0.29) is 0 Å². The number of carbonyl (C=O) groups is 1. The third-order valence-electron chi connectivity index (χ3n) is 7.03. The van der Waals surface area contributed by atoms with Gasteiger partial charge in [0, 0.05) is 21.6 Å². The fraction of sp³-hybridized carbons (Fsp3) is 0.200. The molecule has 0 saturated carbocycles. The van der Waals surface area contributed by atoms with Crippen molar-refractivity contribution < 1.29 is 9.21 Å². The SMILES string of the molecule is Cc1c(-c2nc3cc(C=O)cc(C#N)c3o2)cccc1-c1cccc(-c2nc3c(s2)CCCC3)c1C. The Labute approximate surface area is 213 Å². The van der Waals surface area contributed by atoms with Crippen molar-refractivity contribution in [2.45, 2.75) is 39.5 Å². The number of oxazole rings is 1. The summed E-state index contributed by atoms with van der Waals surface area (Å²) in [6, 6.07) is 17.8. The molecule has 0 N–H and O–H groups in total. The van der Waals surface area contributed by atoms with E-state index >= 15 is 0 Å². The Kier molecular flexibility index (Phi) is 5.50. The molecule has 6 heteroatoms. The van der Waals surface area contributed by atoms with Gasteiger partial charge in [0.05, 0.1) is 11.3 Å². The van der Waals surface area contributed by atoms with Crippen LogP contribution >= 0.6 is 11.3 Å². The fourth-order valence-electron chi connectivity index (χ4n) is 5.11. The van der Waals surface area contributed by atoms with Crippen molar-refractivity contribution in [3.8, 4) is 39.2 Å². The van der Waals surface area contributed by atoms with E-state index in [0.29, 0.717) is 28.1 Å². The van der Waals surface area contributed by atoms with Crippen molar-refractivity contribution in [2.75, 3.05) is 0 Å². The predicted molar refractivity (Wildman–Crippen MR) is 142 cm³/mol. The van der Waals surface area contributed by atoms with E-state index in [4.69, 9.17) is 9.40 Å². The van der Waals surface area contributed by atoms with Gasteiger partial charge in [-0.05, 0) is 80.0 Å². The van der Waals surface area contributed by atoms with E-state index in [1.54, 1.807) is 6.07 Å². The standard InChI is InChI=1S/C30H23N3O2S/c1-17-21(22-8-6-10-24(18(22)2)30-33-25-11-3-4-12-27(25)36-30)7-5-9-23(17)29-32-26-14-19(16-34)13-20(15-31)28(26)35-29/h5-10,13-14,16H,3-4,11-12H2,1-2H3. The van der Waals surface area contributed by atoms with E-state index in [1.165, 1.54) is 40.6 Å². The lowest BCUT2D eigenvalue weighted by molar-refractivity contribution is 0.112. The van der Waals surface area contributed by atoms with Gasteiger partial charge in [0.2, 0.25) is 5.89 Å². The van der Waals surface area contributed by atoms with Gasteiger partial charge in [-0.2, -0.15) is 5.26 Å². The first kappa shape index (κ1) is 22.4. The number of rotatable bonds is 4. The molecule has 2 aromatic heterocycles. The summed E-state index contributed by atoms with van der Waals surface area (Å²) in [6.07, 6.45) is 5.41. The van der Waals surface area contributed by atoms with Crippen molar-refractivity contribution in [1.29, 1.82) is 5.26 Å². The van der Waals surface area contributed by atoms with Gasteiger partial charge in [-0.25, -0.2) is 9.97 Å². The van der Waals surface area contributed by atoms with Crippen molar-refractivity contribution in [2.24, 2.45) is 0 Å². The van der Waals surface area contributed by atoms with Crippen LogP contribution < -0.4 is 0 Å². The van der Waals surface area contributed by atoms with Gasteiger partial charge in [-0.15, -0.1) is 11.3 Å². The lowest BCUT2D eigenvalue weighted by Crippen LogP contribution is -1.99. The molecule has 0 radical (unpaired) electrons. The molecule has 0 spiro atoms. The van der Waals surface area contributed by atoms with E-state index in [1.807, 2.05) is 23.5 Å². The summed E-state index contributed by atoms with van der Waals surface area (Å²) in [5.74, 6) is 0.435. The van der Waals surface area contributed by atoms with Gasteiger partial charge in [0.25, 0.3) is 0 Å². The first-order valence-electron chi connectivity index (χ1n) is 12.1. The van der Waals surface area contributed by atoms with Crippen molar-refractivity contribution in [3.63, 3.8) is 0 Å². The molecule has 0 unspecified atom stereocenters. The average molecular weight is 490 g/mol. The largest absolute Gasteiger partial charge is 0.435 e. The van der Waals surface area contributed by atoms with Crippen LogP contribution in [-0.2, 0) is 12.8 Å². The Bertz CT molecular complexity index is 1680. The van der Waals surface area contributed by atoms with Crippen LogP contribution in [0.3, 0.4) is 0 Å². The number of hydrogen-bond acceptors (Lipinski definition) is 6. The molecule has 0 fully saturated rings. The van der Waals surface area contributed by atoms with Gasteiger partial charge in [0.15, 0.2) is 5.58 Å². The molecule has 6 rings (SSSR count). The highest BCUT2D eigenvalue weighted by Crippen LogP contribution is 2.40. The molecule has 36 heavy (non-hydrogen) atoms. The maximum absolute atomic E-state index is 11.3. The summed E-state index contributed by atoms with van der Waals surface area (Å²) >= 11 is 1.83. The molecule has 0 bridgehead atoms. The van der Waals surface area contributed by atoms with E-state index in [0.717, 1.165) is 46.4 Å². The fourth-order valence-corrected chi connectivity index (χ4v) is 6.34. The number of carbonyl (C=O) groups excluding carboxylic acids is 1. The van der Waals surface area contributed by atoms with Gasteiger partial charge in [0.1, 0.15) is 22.9 Å². The topological polar surface area (TPSA) is 79.8 Å². The molecular weight excluding hydrogens is 466 g/mol. The Morgan fingerprint density at radius 3 is 2.36 bits per heavy atom. The van der Waals surface area contributed by atoms with Crippen LogP contribution in [0.2, 0.25) is 0 Å². The Hall–Kier alpha value is -4.08. The summed E-state index contributed by atoms with van der Waals surface area (Å²) in [5.41, 5.74) is 9.40. The number of fused-ring (bicyclic) bond motifs is 2. The van der Waals surface area contributed by atoms with Gasteiger partial charge < -0.3 is 4.42 Å². The summed E-state index contributed by atoms with van der Waals surface area (Å²) in [5, 5.41) is 10.6. The second kappa shape index (κ2) is 8.85. The third kappa shape index (κ3) is 3.64. The molecule has 0 atom stereocenters. The van der Waals surface area contributed by atoms with Gasteiger partial charge >= 0.3 is 0 Å². The molecule has 2 heterocycles. The molecule has 1 aliphatic carbocycles. The van der Waals surface area contributed by atoms with E-state index in [2.05, 4.69) is 49.2 Å². The first-order chi connectivity index (χ1) is 17.6. The number of aldehydes is 1. The maximum Gasteiger partial charge on any atom is 0.227 e. The molecule has 0 amide bonds. The van der Waals surface area contributed by atoms with Crippen molar-refractivity contribution >= 4 is 28.7 Å². The molecule has 5 nitrogen and oxygen atoms in total. The van der Waals surface area contributed by atoms with E-state index in [9.17, 15) is 10.1 Å². The summed E-state index contributed by atoms with van der Waals surface area (Å²) < 4.78 is 6.06. The van der Waals surface area contributed by atoms with Crippen LogP contribution in [0.5, 0.6) is 0 Å². The zero-order valence-electron chi connectivity index (χ0n) is 20.1. The highest BCUT2D eigenvalue weighted by Gasteiger charge is 2.20. The van der Waals surface area contributed by atoms with Gasteiger partial charge in [-0.1, -0.05) is 30.3 Å². The smallest absolute Gasteiger partial charge is 0.227 e. The maximum atomic E-state index is 11.3. The minimum Gasteiger partial charge on any atom is -0.435 e. The summed E-state index contributed by atoms with van der Waals surface area (Å²) in [4.78, 5) is 22.4. The van der Waals surface area contributed by atoms with Crippen LogP contribution in [-0.4, -0.2) is 16.3 Å². The predicted octanol–water partition coefficient (Wildman–Crippen LogP) is 7.47. The monoisotopic (exact) mass is 489 g/mol. The lowest BCUT2D eigenvalue weighted by Gasteiger charge is -2.14. The summed E-state index contributed by atoms with van der Waals surface area (Å²) in [6.45, 7) is 4.23. The Morgan fingerprint density at radius 1 is 0.944 bits per heavy atom. The second-order valence-corrected chi connectivity index (χ2v) is 10.3. The molecule has 176 valence electrons. The Morgan fingerprint density at radius 2 is 1.64 bits per heavy atom. The highest BCUT2D eigenvalue weighted by atomic mass is 32.1. The van der Waals surface area contributed by atoms with Crippen LogP contribution in [0.15, 0.2) is 52.9 Å². The van der Waals surface area contributed by atoms with Gasteiger partial charge in [-0.3, -0.25) is 4.79 Å². The number of hydrogen-bond donors (Lipinski definition) is 0. The van der Waals surface area contributed by atoms with Crippen molar-refractivity contribution in [1.82, 2.24) is 9.97 Å².